The molecule has 0 aromatic heterocycles. The number of hydrogen-bond donors (Lipinski definition) is 0. The van der Waals surface area contributed by atoms with Crippen LogP contribution in [0.25, 0.3) is 0 Å². The summed E-state index contributed by atoms with van der Waals surface area (Å²) in [5.74, 6) is 7.95. The first kappa shape index (κ1) is 16.1. The first-order chi connectivity index (χ1) is 11.7. The van der Waals surface area contributed by atoms with E-state index in [1.54, 1.807) is 14.2 Å². The molecule has 0 radical (unpaired) electrons. The maximum Gasteiger partial charge on any atom is 0.118 e. The van der Waals surface area contributed by atoms with Gasteiger partial charge in [-0.05, 0) is 43.2 Å². The van der Waals surface area contributed by atoms with Crippen LogP contribution < -0.4 is 4.74 Å². The highest BCUT2D eigenvalue weighted by Crippen LogP contribution is 2.60. The molecule has 122 valence electrons. The zero-order chi connectivity index (χ0) is 17.0. The second-order valence-electron chi connectivity index (χ2n) is 5.98. The van der Waals surface area contributed by atoms with Crippen LogP contribution in [-0.2, 0) is 4.84 Å². The van der Waals surface area contributed by atoms with E-state index in [4.69, 9.17) is 9.57 Å². The molecule has 0 heterocycles. The number of oxime groups is 1. The van der Waals surface area contributed by atoms with Crippen LogP contribution in [0.15, 0.2) is 59.8 Å². The van der Waals surface area contributed by atoms with Gasteiger partial charge in [-0.2, -0.15) is 0 Å². The van der Waals surface area contributed by atoms with Crippen molar-refractivity contribution in [3.05, 3.63) is 65.7 Å². The van der Waals surface area contributed by atoms with Gasteiger partial charge in [0.15, 0.2) is 0 Å². The molecule has 1 aliphatic carbocycles. The third-order valence-electron chi connectivity index (χ3n) is 4.56. The molecule has 2 aromatic carbocycles. The van der Waals surface area contributed by atoms with Gasteiger partial charge in [-0.25, -0.2) is 0 Å². The molecule has 0 amide bonds. The molecule has 3 rings (SSSR count). The van der Waals surface area contributed by atoms with Gasteiger partial charge in [0, 0.05) is 11.5 Å². The second kappa shape index (κ2) is 6.80. The van der Waals surface area contributed by atoms with E-state index in [0.717, 1.165) is 23.4 Å². The van der Waals surface area contributed by atoms with E-state index in [2.05, 4.69) is 41.3 Å². The van der Waals surface area contributed by atoms with Crippen LogP contribution in [0.2, 0.25) is 0 Å². The van der Waals surface area contributed by atoms with E-state index < -0.39 is 0 Å². The molecule has 0 aliphatic heterocycles. The minimum absolute atomic E-state index is 0.239. The van der Waals surface area contributed by atoms with Gasteiger partial charge in [-0.3, -0.25) is 0 Å². The van der Waals surface area contributed by atoms with E-state index in [0.29, 0.717) is 5.92 Å². The highest BCUT2D eigenvalue weighted by atomic mass is 16.6. The Balaban J connectivity index is 1.91. The maximum absolute atomic E-state index is 5.19. The van der Waals surface area contributed by atoms with E-state index in [1.807, 2.05) is 37.3 Å². The smallest absolute Gasteiger partial charge is 0.118 e. The Kier molecular flexibility index (Phi) is 4.57. The zero-order valence-corrected chi connectivity index (χ0v) is 14.2. The van der Waals surface area contributed by atoms with Crippen molar-refractivity contribution in [3.8, 4) is 17.6 Å². The van der Waals surface area contributed by atoms with Crippen LogP contribution in [-0.4, -0.2) is 19.9 Å². The van der Waals surface area contributed by atoms with Crippen LogP contribution in [0.3, 0.4) is 0 Å². The summed E-state index contributed by atoms with van der Waals surface area (Å²) in [7, 11) is 3.24. The molecule has 1 aliphatic rings. The number of methoxy groups -OCH3 is 1. The molecule has 3 heteroatoms. The van der Waals surface area contributed by atoms with Crippen molar-refractivity contribution < 1.29 is 9.57 Å². The van der Waals surface area contributed by atoms with E-state index in [1.165, 1.54) is 5.56 Å². The Morgan fingerprint density at radius 3 is 2.42 bits per heavy atom. The summed E-state index contributed by atoms with van der Waals surface area (Å²) in [4.78, 5) is 5.00. The average Bonchev–Trinajstić information content (AvgIpc) is 3.37. The molecule has 1 fully saturated rings. The van der Waals surface area contributed by atoms with Crippen LogP contribution in [0.4, 0.5) is 0 Å². The highest BCUT2D eigenvalue weighted by molar-refractivity contribution is 5.95. The Labute approximate surface area is 143 Å². The number of rotatable bonds is 4. The minimum Gasteiger partial charge on any atom is -0.497 e. The monoisotopic (exact) mass is 319 g/mol. The molecule has 0 N–H and O–H groups in total. The molecule has 24 heavy (non-hydrogen) atoms. The molecular weight excluding hydrogens is 298 g/mol. The van der Waals surface area contributed by atoms with Crippen LogP contribution >= 0.6 is 0 Å². The number of ether oxygens (including phenoxy) is 1. The number of benzene rings is 2. The molecule has 1 saturated carbocycles. The minimum atomic E-state index is -0.239. The Morgan fingerprint density at radius 1 is 1.08 bits per heavy atom. The normalized spacial score (nSPS) is 22.3. The van der Waals surface area contributed by atoms with Gasteiger partial charge in [-0.15, -0.1) is 0 Å². The highest BCUT2D eigenvalue weighted by Gasteiger charge is 2.56. The fourth-order valence-electron chi connectivity index (χ4n) is 3.06. The SMILES string of the molecule is CO/N=C(/C)[C@]1(C#Cc2ccc(OC)cc2)C[C@H]1c1ccccc1. The first-order valence-electron chi connectivity index (χ1n) is 8.00. The molecule has 0 spiro atoms. The van der Waals surface area contributed by atoms with Gasteiger partial charge in [0.05, 0.1) is 18.2 Å². The molecule has 3 nitrogen and oxygen atoms in total. The van der Waals surface area contributed by atoms with Gasteiger partial charge >= 0.3 is 0 Å². The fraction of sp³-hybridized carbons (Fsp3) is 0.286. The standard InChI is InChI=1S/C21H21NO2/c1-16(22-24-3)21(15-20(21)18-7-5-4-6-8-18)14-13-17-9-11-19(23-2)12-10-17/h4-12,20H,15H2,1-3H3/b22-16-/t20-,21-/m0/s1. The van der Waals surface area contributed by atoms with E-state index in [9.17, 15) is 0 Å². The average molecular weight is 319 g/mol. The van der Waals surface area contributed by atoms with Gasteiger partial charge < -0.3 is 9.57 Å². The quantitative estimate of drug-likeness (QED) is 0.479. The summed E-state index contributed by atoms with van der Waals surface area (Å²) in [5.41, 5.74) is 2.96. The van der Waals surface area contributed by atoms with Gasteiger partial charge in [0.1, 0.15) is 12.9 Å². The molecular formula is C21H21NO2. The molecule has 0 unspecified atom stereocenters. The predicted octanol–water partition coefficient (Wildman–Crippen LogP) is 4.24. The lowest BCUT2D eigenvalue weighted by atomic mass is 9.94. The Bertz CT molecular complexity index is 784. The van der Waals surface area contributed by atoms with Crippen molar-refractivity contribution in [1.29, 1.82) is 0 Å². The van der Waals surface area contributed by atoms with Crippen molar-refractivity contribution in [2.45, 2.75) is 19.3 Å². The lowest BCUT2D eigenvalue weighted by molar-refractivity contribution is 0.211. The Morgan fingerprint density at radius 2 is 1.79 bits per heavy atom. The van der Waals surface area contributed by atoms with Gasteiger partial charge in [0.25, 0.3) is 0 Å². The number of nitrogens with zero attached hydrogens (tertiary/aromatic N) is 1. The summed E-state index contributed by atoms with van der Waals surface area (Å²) >= 11 is 0. The largest absolute Gasteiger partial charge is 0.497 e. The Hall–Kier alpha value is -2.73. The van der Waals surface area contributed by atoms with Crippen molar-refractivity contribution in [1.82, 2.24) is 0 Å². The topological polar surface area (TPSA) is 30.8 Å². The fourth-order valence-corrected chi connectivity index (χ4v) is 3.06. The number of hydrogen-bond acceptors (Lipinski definition) is 3. The third kappa shape index (κ3) is 3.14. The molecule has 0 bridgehead atoms. The van der Waals surface area contributed by atoms with Crippen LogP contribution in [0.1, 0.15) is 30.4 Å². The van der Waals surface area contributed by atoms with Gasteiger partial charge in [-0.1, -0.05) is 47.3 Å². The summed E-state index contributed by atoms with van der Waals surface area (Å²) < 4.78 is 5.19. The maximum atomic E-state index is 5.19. The summed E-state index contributed by atoms with van der Waals surface area (Å²) in [5, 5.41) is 4.17. The third-order valence-corrected chi connectivity index (χ3v) is 4.56. The first-order valence-corrected chi connectivity index (χ1v) is 8.00. The predicted molar refractivity (Wildman–Crippen MR) is 96.2 cm³/mol. The van der Waals surface area contributed by atoms with E-state index in [-0.39, 0.29) is 5.41 Å². The van der Waals surface area contributed by atoms with E-state index >= 15 is 0 Å². The summed E-state index contributed by atoms with van der Waals surface area (Å²) in [6.07, 6.45) is 0.971. The lowest BCUT2D eigenvalue weighted by Crippen LogP contribution is -2.13. The molecule has 2 aromatic rings. The van der Waals surface area contributed by atoms with Crippen molar-refractivity contribution in [2.24, 2.45) is 10.6 Å². The van der Waals surface area contributed by atoms with Crippen molar-refractivity contribution in [2.75, 3.05) is 14.2 Å². The van der Waals surface area contributed by atoms with Crippen molar-refractivity contribution in [3.63, 3.8) is 0 Å². The zero-order valence-electron chi connectivity index (χ0n) is 14.2. The second-order valence-corrected chi connectivity index (χ2v) is 5.98. The van der Waals surface area contributed by atoms with Crippen molar-refractivity contribution >= 4 is 5.71 Å². The molecule has 0 saturated heterocycles. The van der Waals surface area contributed by atoms with Crippen LogP contribution in [0, 0.1) is 17.3 Å². The summed E-state index contributed by atoms with van der Waals surface area (Å²) in [6, 6.07) is 18.3. The van der Waals surface area contributed by atoms with Crippen LogP contribution in [0.5, 0.6) is 5.75 Å². The lowest BCUT2D eigenvalue weighted by Gasteiger charge is -2.10. The summed E-state index contributed by atoms with van der Waals surface area (Å²) in [6.45, 7) is 2.00. The van der Waals surface area contributed by atoms with Gasteiger partial charge in [0.2, 0.25) is 0 Å². The molecule has 2 atom stereocenters.